The van der Waals surface area contributed by atoms with Crippen LogP contribution in [0.25, 0.3) is 0 Å². The Morgan fingerprint density at radius 1 is 1.19 bits per heavy atom. The molecule has 0 bridgehead atoms. The minimum absolute atomic E-state index is 0.0855. The van der Waals surface area contributed by atoms with Gasteiger partial charge in [-0.05, 0) is 30.9 Å². The largest absolute Gasteiger partial charge is 0.324 e. The fourth-order valence-corrected chi connectivity index (χ4v) is 1.83. The zero-order valence-corrected chi connectivity index (χ0v) is 10.2. The van der Waals surface area contributed by atoms with E-state index in [1.165, 1.54) is 0 Å². The third kappa shape index (κ3) is 3.16. The Bertz CT molecular complexity index is 366. The fourth-order valence-electron chi connectivity index (χ4n) is 1.54. The number of nitrogens with two attached hydrogens (primary N) is 1. The minimum atomic E-state index is -0.627. The molecule has 0 amide bonds. The number of hydrogen-bond acceptors (Lipinski definition) is 1. The van der Waals surface area contributed by atoms with Gasteiger partial charge in [-0.2, -0.15) is 0 Å². The molecule has 1 nitrogen and oxygen atoms in total. The van der Waals surface area contributed by atoms with E-state index in [1.807, 2.05) is 0 Å². The summed E-state index contributed by atoms with van der Waals surface area (Å²) in [5.74, 6) is -0.692. The molecule has 1 aromatic carbocycles. The third-order valence-electron chi connectivity index (χ3n) is 2.51. The molecule has 0 aliphatic carbocycles. The van der Waals surface area contributed by atoms with Gasteiger partial charge in [-0.15, -0.1) is 0 Å². The molecule has 2 N–H and O–H groups in total. The summed E-state index contributed by atoms with van der Waals surface area (Å²) in [5.41, 5.74) is 5.91. The Morgan fingerprint density at radius 3 is 2.31 bits per heavy atom. The molecule has 0 aromatic heterocycles. The molecule has 1 atom stereocenters. The van der Waals surface area contributed by atoms with Gasteiger partial charge in [0.15, 0.2) is 0 Å². The van der Waals surface area contributed by atoms with E-state index >= 15 is 0 Å². The van der Waals surface area contributed by atoms with Crippen molar-refractivity contribution in [3.8, 4) is 0 Å². The molecular formula is C12H16ClF2N. The molecule has 1 aromatic rings. The normalized spacial score (nSPS) is 13.2. The highest BCUT2D eigenvalue weighted by atomic mass is 35.5. The second kappa shape index (κ2) is 5.60. The van der Waals surface area contributed by atoms with Gasteiger partial charge in [-0.3, -0.25) is 0 Å². The van der Waals surface area contributed by atoms with E-state index in [9.17, 15) is 8.78 Å². The van der Waals surface area contributed by atoms with Gasteiger partial charge in [0.1, 0.15) is 11.6 Å². The molecule has 1 rings (SSSR count). The Hall–Kier alpha value is -0.670. The summed E-state index contributed by atoms with van der Waals surface area (Å²) in [5, 5.41) is -0.198. The van der Waals surface area contributed by atoms with Crippen LogP contribution in [0.1, 0.15) is 38.3 Å². The summed E-state index contributed by atoms with van der Waals surface area (Å²) < 4.78 is 26.6. The summed E-state index contributed by atoms with van der Waals surface area (Å²) in [4.78, 5) is 0. The number of benzene rings is 1. The predicted molar refractivity (Wildman–Crippen MR) is 62.4 cm³/mol. The van der Waals surface area contributed by atoms with E-state index < -0.39 is 17.7 Å². The summed E-state index contributed by atoms with van der Waals surface area (Å²) in [7, 11) is 0. The highest BCUT2D eigenvalue weighted by Crippen LogP contribution is 2.30. The molecule has 0 spiro atoms. The van der Waals surface area contributed by atoms with Crippen LogP contribution in [0.3, 0.4) is 0 Å². The predicted octanol–water partition coefficient (Wildman–Crippen LogP) is 4.05. The molecule has 0 aliphatic heterocycles. The van der Waals surface area contributed by atoms with Crippen LogP contribution >= 0.6 is 11.6 Å². The van der Waals surface area contributed by atoms with Crippen LogP contribution in [0, 0.1) is 17.6 Å². The molecule has 0 unspecified atom stereocenters. The van der Waals surface area contributed by atoms with Crippen molar-refractivity contribution in [1.82, 2.24) is 0 Å². The van der Waals surface area contributed by atoms with Crippen molar-refractivity contribution < 1.29 is 8.78 Å². The molecular weight excluding hydrogens is 232 g/mol. The van der Waals surface area contributed by atoms with Gasteiger partial charge in [-0.25, -0.2) is 8.78 Å². The second-order valence-corrected chi connectivity index (χ2v) is 4.71. The average Bonchev–Trinajstić information content (AvgIpc) is 2.21. The summed E-state index contributed by atoms with van der Waals surface area (Å²) in [6.07, 6.45) is 1.45. The van der Waals surface area contributed by atoms with Crippen molar-refractivity contribution in [2.75, 3.05) is 0 Å². The summed E-state index contributed by atoms with van der Waals surface area (Å²) in [6.45, 7) is 4.10. The van der Waals surface area contributed by atoms with Crippen molar-refractivity contribution in [3.63, 3.8) is 0 Å². The molecule has 0 fully saturated rings. The maximum Gasteiger partial charge on any atom is 0.142 e. The third-order valence-corrected chi connectivity index (χ3v) is 2.89. The first-order valence-electron chi connectivity index (χ1n) is 5.32. The Labute approximate surface area is 99.6 Å². The van der Waals surface area contributed by atoms with Crippen LogP contribution in [0.15, 0.2) is 12.1 Å². The van der Waals surface area contributed by atoms with E-state index in [0.717, 1.165) is 18.6 Å². The molecule has 0 saturated heterocycles. The zero-order chi connectivity index (χ0) is 12.3. The van der Waals surface area contributed by atoms with Crippen molar-refractivity contribution in [3.05, 3.63) is 34.4 Å². The van der Waals surface area contributed by atoms with Gasteiger partial charge in [0.25, 0.3) is 0 Å². The van der Waals surface area contributed by atoms with Crippen LogP contribution in [0.5, 0.6) is 0 Å². The van der Waals surface area contributed by atoms with Gasteiger partial charge in [0.2, 0.25) is 0 Å². The first-order chi connectivity index (χ1) is 7.43. The molecule has 0 heterocycles. The van der Waals surface area contributed by atoms with Crippen LogP contribution < -0.4 is 5.73 Å². The molecule has 0 radical (unpaired) electrons. The van der Waals surface area contributed by atoms with E-state index in [0.29, 0.717) is 12.3 Å². The van der Waals surface area contributed by atoms with Crippen molar-refractivity contribution in [2.45, 2.75) is 32.7 Å². The summed E-state index contributed by atoms with van der Waals surface area (Å²) in [6, 6.07) is 1.52. The lowest BCUT2D eigenvalue weighted by Crippen LogP contribution is -2.14. The standard InChI is InChI=1S/C12H16ClF2N/c1-7(2)3-6-10(16)11-8(14)4-5-9(15)12(11)13/h4-5,7,10H,3,6,16H2,1-2H3/t10-/m0/s1. The van der Waals surface area contributed by atoms with E-state index in [1.54, 1.807) is 0 Å². The summed E-state index contributed by atoms with van der Waals surface area (Å²) >= 11 is 5.71. The lowest BCUT2D eigenvalue weighted by Gasteiger charge is -2.16. The molecule has 4 heteroatoms. The Kier molecular flexibility index (Phi) is 4.69. The highest BCUT2D eigenvalue weighted by molar-refractivity contribution is 6.31. The van der Waals surface area contributed by atoms with Gasteiger partial charge in [0, 0.05) is 11.6 Å². The lowest BCUT2D eigenvalue weighted by molar-refractivity contribution is 0.487. The van der Waals surface area contributed by atoms with Gasteiger partial charge >= 0.3 is 0 Å². The first-order valence-corrected chi connectivity index (χ1v) is 5.70. The van der Waals surface area contributed by atoms with Crippen molar-refractivity contribution in [2.24, 2.45) is 11.7 Å². The molecule has 0 saturated carbocycles. The van der Waals surface area contributed by atoms with Crippen molar-refractivity contribution >= 4 is 11.6 Å². The van der Waals surface area contributed by atoms with Crippen LogP contribution in [-0.2, 0) is 0 Å². The second-order valence-electron chi connectivity index (χ2n) is 4.33. The van der Waals surface area contributed by atoms with E-state index in [-0.39, 0.29) is 10.6 Å². The molecule has 0 aliphatic rings. The molecule has 16 heavy (non-hydrogen) atoms. The van der Waals surface area contributed by atoms with Crippen LogP contribution in [-0.4, -0.2) is 0 Å². The Balaban J connectivity index is 2.90. The zero-order valence-electron chi connectivity index (χ0n) is 9.43. The van der Waals surface area contributed by atoms with Gasteiger partial charge in [0.05, 0.1) is 5.02 Å². The maximum atomic E-state index is 13.5. The average molecular weight is 248 g/mol. The van der Waals surface area contributed by atoms with Crippen LogP contribution in [0.2, 0.25) is 5.02 Å². The van der Waals surface area contributed by atoms with E-state index in [2.05, 4.69) is 13.8 Å². The number of rotatable bonds is 4. The first kappa shape index (κ1) is 13.4. The van der Waals surface area contributed by atoms with Crippen LogP contribution in [0.4, 0.5) is 8.78 Å². The SMILES string of the molecule is CC(C)CC[C@H](N)c1c(F)ccc(F)c1Cl. The topological polar surface area (TPSA) is 26.0 Å². The lowest BCUT2D eigenvalue weighted by atomic mass is 9.98. The minimum Gasteiger partial charge on any atom is -0.324 e. The number of halogens is 3. The quantitative estimate of drug-likeness (QED) is 0.798. The fraction of sp³-hybridized carbons (Fsp3) is 0.500. The monoisotopic (exact) mass is 247 g/mol. The highest BCUT2D eigenvalue weighted by Gasteiger charge is 2.18. The van der Waals surface area contributed by atoms with Gasteiger partial charge in [-0.1, -0.05) is 25.4 Å². The smallest absolute Gasteiger partial charge is 0.142 e. The number of hydrogen-bond donors (Lipinski definition) is 1. The van der Waals surface area contributed by atoms with Gasteiger partial charge < -0.3 is 5.73 Å². The molecule has 90 valence electrons. The Morgan fingerprint density at radius 2 is 1.75 bits per heavy atom. The maximum absolute atomic E-state index is 13.5. The van der Waals surface area contributed by atoms with Crippen molar-refractivity contribution in [1.29, 1.82) is 0 Å². The van der Waals surface area contributed by atoms with E-state index in [4.69, 9.17) is 17.3 Å².